The Bertz CT molecular complexity index is 1270. The molecule has 0 radical (unpaired) electrons. The predicted octanol–water partition coefficient (Wildman–Crippen LogP) is 7.81. The van der Waals surface area contributed by atoms with Crippen molar-refractivity contribution in [2.24, 2.45) is 5.73 Å². The SMILES string of the molecule is CC.Cc1cc(CN(CCCOc2cccc(CC(N)=O)c2)CC(c2ccccc2)c2ccccc2)ccc1Cl. The maximum Gasteiger partial charge on any atom is 0.221 e. The molecule has 0 spiro atoms. The number of amides is 1. The Labute approximate surface area is 244 Å². The van der Waals surface area contributed by atoms with Gasteiger partial charge in [0.15, 0.2) is 0 Å². The van der Waals surface area contributed by atoms with Crippen LogP contribution in [-0.4, -0.2) is 30.5 Å². The Balaban J connectivity index is 0.00000216. The van der Waals surface area contributed by atoms with Crippen LogP contribution in [0, 0.1) is 6.92 Å². The van der Waals surface area contributed by atoms with Gasteiger partial charge in [-0.1, -0.05) is 110 Å². The molecule has 210 valence electrons. The van der Waals surface area contributed by atoms with Crippen molar-refractivity contribution < 1.29 is 9.53 Å². The van der Waals surface area contributed by atoms with Crippen LogP contribution in [-0.2, 0) is 17.8 Å². The molecular weight excluding hydrogens is 516 g/mol. The lowest BCUT2D eigenvalue weighted by Gasteiger charge is -2.29. The molecule has 0 saturated carbocycles. The molecular formula is C35H41ClN2O2. The molecule has 0 fully saturated rings. The highest BCUT2D eigenvalue weighted by molar-refractivity contribution is 6.31. The van der Waals surface area contributed by atoms with Crippen LogP contribution in [0.3, 0.4) is 0 Å². The van der Waals surface area contributed by atoms with Crippen LogP contribution in [0.15, 0.2) is 103 Å². The van der Waals surface area contributed by atoms with E-state index >= 15 is 0 Å². The highest BCUT2D eigenvalue weighted by Crippen LogP contribution is 2.27. The number of nitrogens with two attached hydrogens (primary N) is 1. The number of hydrogen-bond donors (Lipinski definition) is 1. The molecule has 0 aromatic heterocycles. The molecule has 4 rings (SSSR count). The Morgan fingerprint density at radius 3 is 2.10 bits per heavy atom. The number of carbonyl (C=O) groups is 1. The first-order valence-corrected chi connectivity index (χ1v) is 14.4. The molecule has 0 bridgehead atoms. The fourth-order valence-corrected chi connectivity index (χ4v) is 4.87. The highest BCUT2D eigenvalue weighted by Gasteiger charge is 2.19. The van der Waals surface area contributed by atoms with Crippen molar-refractivity contribution in [3.8, 4) is 5.75 Å². The van der Waals surface area contributed by atoms with E-state index in [9.17, 15) is 4.79 Å². The summed E-state index contributed by atoms with van der Waals surface area (Å²) in [6, 6.07) is 35.3. The Morgan fingerprint density at radius 2 is 1.50 bits per heavy atom. The minimum Gasteiger partial charge on any atom is -0.494 e. The van der Waals surface area contributed by atoms with Crippen molar-refractivity contribution in [1.29, 1.82) is 0 Å². The molecule has 0 aliphatic heterocycles. The van der Waals surface area contributed by atoms with E-state index in [1.165, 1.54) is 16.7 Å². The van der Waals surface area contributed by atoms with Gasteiger partial charge in [0.25, 0.3) is 0 Å². The van der Waals surface area contributed by atoms with Gasteiger partial charge in [-0.05, 0) is 59.4 Å². The molecule has 1 amide bonds. The van der Waals surface area contributed by atoms with Crippen molar-refractivity contribution >= 4 is 17.5 Å². The Kier molecular flexibility index (Phi) is 12.8. The van der Waals surface area contributed by atoms with Crippen molar-refractivity contribution in [3.63, 3.8) is 0 Å². The number of halogens is 1. The van der Waals surface area contributed by atoms with E-state index < -0.39 is 0 Å². The number of nitrogens with zero attached hydrogens (tertiary/aromatic N) is 1. The molecule has 0 heterocycles. The van der Waals surface area contributed by atoms with Crippen LogP contribution in [0.5, 0.6) is 5.75 Å². The topological polar surface area (TPSA) is 55.6 Å². The van der Waals surface area contributed by atoms with Crippen LogP contribution in [0.2, 0.25) is 5.02 Å². The summed E-state index contributed by atoms with van der Waals surface area (Å²) in [7, 11) is 0. The number of aryl methyl sites for hydroxylation is 1. The van der Waals surface area contributed by atoms with Gasteiger partial charge in [0.2, 0.25) is 5.91 Å². The van der Waals surface area contributed by atoms with Gasteiger partial charge < -0.3 is 10.5 Å². The van der Waals surface area contributed by atoms with Gasteiger partial charge in [-0.2, -0.15) is 0 Å². The minimum absolute atomic E-state index is 0.214. The fraction of sp³-hybridized carbons (Fsp3) is 0.286. The smallest absolute Gasteiger partial charge is 0.221 e. The van der Waals surface area contributed by atoms with Gasteiger partial charge in [0, 0.05) is 30.6 Å². The van der Waals surface area contributed by atoms with Crippen LogP contribution >= 0.6 is 11.6 Å². The number of ether oxygens (including phenoxy) is 1. The van der Waals surface area contributed by atoms with E-state index in [4.69, 9.17) is 22.1 Å². The summed E-state index contributed by atoms with van der Waals surface area (Å²) in [4.78, 5) is 13.8. The molecule has 0 aliphatic carbocycles. The van der Waals surface area contributed by atoms with E-state index in [2.05, 4.69) is 77.7 Å². The summed E-state index contributed by atoms with van der Waals surface area (Å²) in [5.74, 6) is 0.661. The second kappa shape index (κ2) is 16.5. The Hall–Kier alpha value is -3.60. The van der Waals surface area contributed by atoms with Crippen molar-refractivity contribution in [1.82, 2.24) is 4.90 Å². The largest absolute Gasteiger partial charge is 0.494 e. The lowest BCUT2D eigenvalue weighted by Crippen LogP contribution is -2.30. The zero-order valence-electron chi connectivity index (χ0n) is 23.9. The maximum absolute atomic E-state index is 11.3. The normalized spacial score (nSPS) is 10.8. The molecule has 4 aromatic carbocycles. The maximum atomic E-state index is 11.3. The van der Waals surface area contributed by atoms with Gasteiger partial charge in [-0.15, -0.1) is 0 Å². The van der Waals surface area contributed by atoms with Crippen LogP contribution in [0.1, 0.15) is 54.0 Å². The van der Waals surface area contributed by atoms with E-state index in [1.54, 1.807) is 0 Å². The first-order chi connectivity index (χ1) is 19.5. The van der Waals surface area contributed by atoms with Gasteiger partial charge in [-0.3, -0.25) is 9.69 Å². The van der Waals surface area contributed by atoms with Gasteiger partial charge >= 0.3 is 0 Å². The van der Waals surface area contributed by atoms with Gasteiger partial charge in [-0.25, -0.2) is 0 Å². The molecule has 0 atom stereocenters. The minimum atomic E-state index is -0.346. The lowest BCUT2D eigenvalue weighted by molar-refractivity contribution is -0.117. The van der Waals surface area contributed by atoms with E-state index in [1.807, 2.05) is 51.1 Å². The summed E-state index contributed by atoms with van der Waals surface area (Å²) < 4.78 is 6.04. The zero-order valence-corrected chi connectivity index (χ0v) is 24.6. The summed E-state index contributed by atoms with van der Waals surface area (Å²) in [6.45, 7) is 9.20. The van der Waals surface area contributed by atoms with Crippen molar-refractivity contribution in [2.45, 2.75) is 46.1 Å². The average molecular weight is 557 g/mol. The van der Waals surface area contributed by atoms with Crippen LogP contribution in [0.4, 0.5) is 0 Å². The third-order valence-electron chi connectivity index (χ3n) is 6.64. The van der Waals surface area contributed by atoms with E-state index in [0.717, 1.165) is 48.0 Å². The van der Waals surface area contributed by atoms with Gasteiger partial charge in [0.05, 0.1) is 13.0 Å². The molecule has 40 heavy (non-hydrogen) atoms. The molecule has 0 unspecified atom stereocenters. The first-order valence-electron chi connectivity index (χ1n) is 14.1. The Morgan fingerprint density at radius 1 is 0.850 bits per heavy atom. The summed E-state index contributed by atoms with van der Waals surface area (Å²) in [5.41, 5.74) is 11.1. The monoisotopic (exact) mass is 556 g/mol. The third kappa shape index (κ3) is 9.86. The fourth-order valence-electron chi connectivity index (χ4n) is 4.75. The first kappa shape index (κ1) is 30.9. The summed E-state index contributed by atoms with van der Waals surface area (Å²) in [5, 5.41) is 0.790. The van der Waals surface area contributed by atoms with Crippen LogP contribution in [0.25, 0.3) is 0 Å². The quantitative estimate of drug-likeness (QED) is 0.171. The number of rotatable bonds is 13. The number of carbonyl (C=O) groups excluding carboxylic acids is 1. The molecule has 0 saturated heterocycles. The number of benzene rings is 4. The van der Waals surface area contributed by atoms with Crippen LogP contribution < -0.4 is 10.5 Å². The third-order valence-corrected chi connectivity index (χ3v) is 7.06. The van der Waals surface area contributed by atoms with E-state index in [0.29, 0.717) is 6.61 Å². The molecule has 4 nitrogen and oxygen atoms in total. The standard InChI is InChI=1S/C33H35ClN2O2.C2H6/c1-25-20-27(16-17-32(25)34)23-36(18-9-19-38-30-15-8-10-26(21-30)22-33(35)37)24-31(28-11-4-2-5-12-28)29-13-6-3-7-14-29;1-2/h2-8,10-17,20-21,31H,9,18-19,22-24H2,1H3,(H2,35,37);1-2H3. The van der Waals surface area contributed by atoms with Crippen molar-refractivity contribution in [2.75, 3.05) is 19.7 Å². The molecule has 0 aliphatic rings. The molecule has 4 aromatic rings. The predicted molar refractivity (Wildman–Crippen MR) is 167 cm³/mol. The molecule has 2 N–H and O–H groups in total. The van der Waals surface area contributed by atoms with E-state index in [-0.39, 0.29) is 18.2 Å². The second-order valence-corrected chi connectivity index (χ2v) is 10.1. The number of primary amides is 1. The van der Waals surface area contributed by atoms with Crippen molar-refractivity contribution in [3.05, 3.63) is 136 Å². The zero-order chi connectivity index (χ0) is 28.7. The van der Waals surface area contributed by atoms with Gasteiger partial charge in [0.1, 0.15) is 5.75 Å². The molecule has 5 heteroatoms. The number of hydrogen-bond acceptors (Lipinski definition) is 3. The second-order valence-electron chi connectivity index (χ2n) is 9.69. The summed E-state index contributed by atoms with van der Waals surface area (Å²) >= 11 is 6.31. The lowest BCUT2D eigenvalue weighted by atomic mass is 9.90. The highest BCUT2D eigenvalue weighted by atomic mass is 35.5. The average Bonchev–Trinajstić information content (AvgIpc) is 2.97. The summed E-state index contributed by atoms with van der Waals surface area (Å²) in [6.07, 6.45) is 1.08.